The van der Waals surface area contributed by atoms with Crippen molar-refractivity contribution >= 4 is 21.6 Å². The summed E-state index contributed by atoms with van der Waals surface area (Å²) < 4.78 is 23.8. The third-order valence-corrected chi connectivity index (χ3v) is 2.22. The molecule has 1 rings (SSSR count). The molecule has 1 aromatic heterocycles. The van der Waals surface area contributed by atoms with Gasteiger partial charge in [0.25, 0.3) is 0 Å². The number of halogens is 1. The molecule has 0 saturated carbocycles. The summed E-state index contributed by atoms with van der Waals surface area (Å²) in [5, 5.41) is 0.392. The van der Waals surface area contributed by atoms with Crippen LogP contribution in [0.5, 0.6) is 0 Å². The topological polar surface area (TPSA) is 59.1 Å². The number of sulfonamides is 1. The van der Waals surface area contributed by atoms with Gasteiger partial charge in [-0.15, -0.1) is 0 Å². The maximum absolute atomic E-state index is 10.7. The fourth-order valence-corrected chi connectivity index (χ4v) is 1.27. The van der Waals surface area contributed by atoms with Gasteiger partial charge in [0, 0.05) is 12.7 Å². The molecule has 0 radical (unpaired) electrons. The SMILES string of the molecule is CS(=O)(=O)NCc1ccc(Cl)nc1. The van der Waals surface area contributed by atoms with Crippen LogP contribution in [0, 0.1) is 0 Å². The van der Waals surface area contributed by atoms with E-state index in [9.17, 15) is 8.42 Å². The average molecular weight is 221 g/mol. The van der Waals surface area contributed by atoms with Gasteiger partial charge in [-0.25, -0.2) is 18.1 Å². The lowest BCUT2D eigenvalue weighted by Crippen LogP contribution is -2.21. The molecule has 0 saturated heterocycles. The first-order valence-electron chi connectivity index (χ1n) is 3.52. The molecule has 13 heavy (non-hydrogen) atoms. The lowest BCUT2D eigenvalue weighted by molar-refractivity contribution is 0.587. The van der Waals surface area contributed by atoms with Crippen molar-refractivity contribution in [2.24, 2.45) is 0 Å². The van der Waals surface area contributed by atoms with Crippen molar-refractivity contribution in [2.45, 2.75) is 6.54 Å². The summed E-state index contributed by atoms with van der Waals surface area (Å²) in [7, 11) is -3.14. The van der Waals surface area contributed by atoms with E-state index in [-0.39, 0.29) is 6.54 Å². The monoisotopic (exact) mass is 220 g/mol. The van der Waals surface area contributed by atoms with E-state index in [1.807, 2.05) is 0 Å². The van der Waals surface area contributed by atoms with E-state index in [4.69, 9.17) is 11.6 Å². The smallest absolute Gasteiger partial charge is 0.209 e. The van der Waals surface area contributed by atoms with Gasteiger partial charge < -0.3 is 0 Å². The summed E-state index contributed by atoms with van der Waals surface area (Å²) >= 11 is 5.55. The molecule has 0 aromatic carbocycles. The van der Waals surface area contributed by atoms with E-state index >= 15 is 0 Å². The fraction of sp³-hybridized carbons (Fsp3) is 0.286. The van der Waals surface area contributed by atoms with Gasteiger partial charge in [0.15, 0.2) is 0 Å². The predicted molar refractivity (Wildman–Crippen MR) is 50.9 cm³/mol. The maximum atomic E-state index is 10.7. The zero-order valence-electron chi connectivity index (χ0n) is 6.99. The van der Waals surface area contributed by atoms with E-state index in [1.165, 1.54) is 6.20 Å². The van der Waals surface area contributed by atoms with Crippen molar-refractivity contribution in [3.63, 3.8) is 0 Å². The fourth-order valence-electron chi connectivity index (χ4n) is 0.725. The third-order valence-electron chi connectivity index (χ3n) is 1.33. The molecule has 0 atom stereocenters. The number of rotatable bonds is 3. The molecular weight excluding hydrogens is 212 g/mol. The third kappa shape index (κ3) is 4.21. The molecular formula is C7H9ClN2O2S. The van der Waals surface area contributed by atoms with E-state index in [2.05, 4.69) is 9.71 Å². The van der Waals surface area contributed by atoms with E-state index in [0.29, 0.717) is 5.15 Å². The summed E-state index contributed by atoms with van der Waals surface area (Å²) in [6.07, 6.45) is 2.64. The molecule has 0 aliphatic carbocycles. The molecule has 1 N–H and O–H groups in total. The highest BCUT2D eigenvalue weighted by Crippen LogP contribution is 2.04. The number of hydrogen-bond acceptors (Lipinski definition) is 3. The maximum Gasteiger partial charge on any atom is 0.209 e. The van der Waals surface area contributed by atoms with Crippen LogP contribution in [0.15, 0.2) is 18.3 Å². The Balaban J connectivity index is 2.61. The van der Waals surface area contributed by atoms with Crippen molar-refractivity contribution in [2.75, 3.05) is 6.26 Å². The van der Waals surface area contributed by atoms with Crippen LogP contribution < -0.4 is 4.72 Å². The molecule has 0 amide bonds. The highest BCUT2D eigenvalue weighted by molar-refractivity contribution is 7.88. The second-order valence-corrected chi connectivity index (χ2v) is 4.80. The Morgan fingerprint density at radius 1 is 1.54 bits per heavy atom. The Kier molecular flexibility index (Phi) is 3.24. The van der Waals surface area contributed by atoms with Crippen LogP contribution in [-0.2, 0) is 16.6 Å². The molecule has 4 nitrogen and oxygen atoms in total. The van der Waals surface area contributed by atoms with Crippen molar-refractivity contribution in [1.82, 2.24) is 9.71 Å². The van der Waals surface area contributed by atoms with Crippen molar-refractivity contribution in [3.8, 4) is 0 Å². The van der Waals surface area contributed by atoms with Crippen LogP contribution in [0.1, 0.15) is 5.56 Å². The minimum absolute atomic E-state index is 0.239. The highest BCUT2D eigenvalue weighted by atomic mass is 35.5. The van der Waals surface area contributed by atoms with Crippen molar-refractivity contribution in [3.05, 3.63) is 29.0 Å². The first kappa shape index (κ1) is 10.4. The molecule has 0 aliphatic heterocycles. The molecule has 0 unspecified atom stereocenters. The van der Waals surface area contributed by atoms with Crippen LogP contribution in [-0.4, -0.2) is 19.7 Å². The minimum atomic E-state index is -3.14. The van der Waals surface area contributed by atoms with Crippen molar-refractivity contribution < 1.29 is 8.42 Å². The molecule has 6 heteroatoms. The zero-order chi connectivity index (χ0) is 9.90. The Morgan fingerprint density at radius 3 is 2.69 bits per heavy atom. The van der Waals surface area contributed by atoms with Gasteiger partial charge in [-0.05, 0) is 11.6 Å². The second-order valence-electron chi connectivity index (χ2n) is 2.58. The van der Waals surface area contributed by atoms with Gasteiger partial charge in [0.05, 0.1) is 6.26 Å². The van der Waals surface area contributed by atoms with Gasteiger partial charge >= 0.3 is 0 Å². The van der Waals surface area contributed by atoms with Gasteiger partial charge in [0.1, 0.15) is 5.15 Å². The molecule has 0 fully saturated rings. The van der Waals surface area contributed by atoms with E-state index in [1.54, 1.807) is 12.1 Å². The Morgan fingerprint density at radius 2 is 2.23 bits per heavy atom. The van der Waals surface area contributed by atoms with E-state index < -0.39 is 10.0 Å². The molecule has 1 aromatic rings. The normalized spacial score (nSPS) is 11.5. The summed E-state index contributed by atoms with van der Waals surface area (Å²) in [6, 6.07) is 3.33. The molecule has 0 spiro atoms. The van der Waals surface area contributed by atoms with Crippen LogP contribution in [0.25, 0.3) is 0 Å². The lowest BCUT2D eigenvalue weighted by atomic mass is 10.3. The van der Waals surface area contributed by atoms with Crippen LogP contribution in [0.4, 0.5) is 0 Å². The molecule has 0 bridgehead atoms. The van der Waals surface area contributed by atoms with E-state index in [0.717, 1.165) is 11.8 Å². The summed E-state index contributed by atoms with van der Waals surface area (Å²) in [5.74, 6) is 0. The lowest BCUT2D eigenvalue weighted by Gasteiger charge is -2.01. The number of nitrogens with one attached hydrogen (secondary N) is 1. The Labute approximate surface area is 82.0 Å². The zero-order valence-corrected chi connectivity index (χ0v) is 8.56. The van der Waals surface area contributed by atoms with Crippen LogP contribution >= 0.6 is 11.6 Å². The Hall–Kier alpha value is -0.650. The standard InChI is InChI=1S/C7H9ClN2O2S/c1-13(11,12)10-5-6-2-3-7(8)9-4-6/h2-4,10H,5H2,1H3. The van der Waals surface area contributed by atoms with Crippen LogP contribution in [0.3, 0.4) is 0 Å². The summed E-state index contributed by atoms with van der Waals surface area (Å²) in [4.78, 5) is 3.81. The Bertz CT molecular complexity index is 374. The minimum Gasteiger partial charge on any atom is -0.244 e. The van der Waals surface area contributed by atoms with Gasteiger partial charge in [0.2, 0.25) is 10.0 Å². The molecule has 0 aliphatic rings. The number of pyridine rings is 1. The van der Waals surface area contributed by atoms with Gasteiger partial charge in [-0.1, -0.05) is 17.7 Å². The largest absolute Gasteiger partial charge is 0.244 e. The number of nitrogens with zero attached hydrogens (tertiary/aromatic N) is 1. The number of hydrogen-bond donors (Lipinski definition) is 1. The predicted octanol–water partition coefficient (Wildman–Crippen LogP) is 0.784. The number of aromatic nitrogens is 1. The van der Waals surface area contributed by atoms with Crippen LogP contribution in [0.2, 0.25) is 5.15 Å². The molecule has 72 valence electrons. The average Bonchev–Trinajstić information content (AvgIpc) is 2.02. The summed E-state index contributed by atoms with van der Waals surface area (Å²) in [5.41, 5.74) is 0.773. The molecule has 1 heterocycles. The van der Waals surface area contributed by atoms with Gasteiger partial charge in [-0.3, -0.25) is 0 Å². The van der Waals surface area contributed by atoms with Crippen molar-refractivity contribution in [1.29, 1.82) is 0 Å². The van der Waals surface area contributed by atoms with Gasteiger partial charge in [-0.2, -0.15) is 0 Å². The first-order chi connectivity index (χ1) is 5.97. The second kappa shape index (κ2) is 4.04. The quantitative estimate of drug-likeness (QED) is 0.766. The summed E-state index contributed by atoms with van der Waals surface area (Å²) in [6.45, 7) is 0.239. The first-order valence-corrected chi connectivity index (χ1v) is 5.79. The highest BCUT2D eigenvalue weighted by Gasteiger charge is 2.00.